The van der Waals surface area contributed by atoms with Crippen molar-refractivity contribution in [2.24, 2.45) is 4.99 Å². The first-order valence-corrected chi connectivity index (χ1v) is 9.33. The Balaban J connectivity index is 1.55. The molecule has 1 fully saturated rings. The van der Waals surface area contributed by atoms with Gasteiger partial charge in [-0.2, -0.15) is 0 Å². The molecule has 26 heavy (non-hydrogen) atoms. The first-order chi connectivity index (χ1) is 12.6. The third kappa shape index (κ3) is 4.47. The van der Waals surface area contributed by atoms with Crippen molar-refractivity contribution in [2.75, 3.05) is 25.0 Å². The summed E-state index contributed by atoms with van der Waals surface area (Å²) in [5.74, 6) is 1.68. The number of nitrogens with zero attached hydrogens (tertiary/aromatic N) is 3. The van der Waals surface area contributed by atoms with Gasteiger partial charge in [0.15, 0.2) is 5.96 Å². The average molecular weight is 372 g/mol. The van der Waals surface area contributed by atoms with Gasteiger partial charge in [-0.15, -0.1) is 0 Å². The van der Waals surface area contributed by atoms with Gasteiger partial charge in [0.05, 0.1) is 5.02 Å². The predicted octanol–water partition coefficient (Wildman–Crippen LogP) is 3.30. The predicted molar refractivity (Wildman–Crippen MR) is 109 cm³/mol. The average Bonchev–Trinajstić information content (AvgIpc) is 3.08. The van der Waals surface area contributed by atoms with Crippen LogP contribution in [0.4, 0.5) is 5.82 Å². The third-order valence-electron chi connectivity index (χ3n) is 4.74. The highest BCUT2D eigenvalue weighted by Gasteiger charge is 2.25. The number of hydrogen-bond donors (Lipinski definition) is 2. The lowest BCUT2D eigenvalue weighted by molar-refractivity contribution is 0.648. The molecule has 1 aliphatic heterocycles. The van der Waals surface area contributed by atoms with Crippen LogP contribution in [0, 0.1) is 13.8 Å². The minimum absolute atomic E-state index is 0.318. The van der Waals surface area contributed by atoms with E-state index in [1.54, 1.807) is 13.2 Å². The smallest absolute Gasteiger partial charge is 0.191 e. The van der Waals surface area contributed by atoms with E-state index in [-0.39, 0.29) is 0 Å². The van der Waals surface area contributed by atoms with E-state index in [1.807, 2.05) is 12.1 Å². The van der Waals surface area contributed by atoms with Crippen LogP contribution in [0.2, 0.25) is 5.02 Å². The van der Waals surface area contributed by atoms with Gasteiger partial charge in [-0.1, -0.05) is 35.4 Å². The lowest BCUT2D eigenvalue weighted by Gasteiger charge is -2.20. The second-order valence-corrected chi connectivity index (χ2v) is 7.15. The van der Waals surface area contributed by atoms with Gasteiger partial charge >= 0.3 is 0 Å². The van der Waals surface area contributed by atoms with E-state index >= 15 is 0 Å². The van der Waals surface area contributed by atoms with Gasteiger partial charge in [-0.05, 0) is 43.5 Å². The van der Waals surface area contributed by atoms with E-state index in [0.29, 0.717) is 11.1 Å². The van der Waals surface area contributed by atoms with Crippen LogP contribution in [-0.4, -0.2) is 37.1 Å². The zero-order chi connectivity index (χ0) is 18.5. The fraction of sp³-hybridized carbons (Fsp3) is 0.400. The highest BCUT2D eigenvalue weighted by Crippen LogP contribution is 2.25. The summed E-state index contributed by atoms with van der Waals surface area (Å²) in [6, 6.07) is 10.6. The second kappa shape index (κ2) is 8.41. The van der Waals surface area contributed by atoms with Crippen molar-refractivity contribution in [1.82, 2.24) is 15.6 Å². The molecule has 5 nitrogen and oxygen atoms in total. The molecular weight excluding hydrogens is 346 g/mol. The zero-order valence-electron chi connectivity index (χ0n) is 15.6. The molecule has 1 atom stereocenters. The Hall–Kier alpha value is -2.27. The Labute approximate surface area is 160 Å². The highest BCUT2D eigenvalue weighted by atomic mass is 35.5. The number of hydrogen-bond acceptors (Lipinski definition) is 3. The van der Waals surface area contributed by atoms with Crippen molar-refractivity contribution in [1.29, 1.82) is 0 Å². The minimum atomic E-state index is 0.318. The Morgan fingerprint density at radius 1 is 1.35 bits per heavy atom. The molecule has 0 spiro atoms. The topological polar surface area (TPSA) is 52.6 Å². The number of aromatic nitrogens is 1. The van der Waals surface area contributed by atoms with Crippen LogP contribution < -0.4 is 15.5 Å². The lowest BCUT2D eigenvalue weighted by Crippen LogP contribution is -2.44. The van der Waals surface area contributed by atoms with Crippen molar-refractivity contribution < 1.29 is 0 Å². The zero-order valence-corrected chi connectivity index (χ0v) is 16.3. The molecule has 0 radical (unpaired) electrons. The molecule has 6 heteroatoms. The van der Waals surface area contributed by atoms with Crippen molar-refractivity contribution in [3.63, 3.8) is 0 Å². The van der Waals surface area contributed by atoms with Crippen LogP contribution in [0.15, 0.2) is 41.5 Å². The molecule has 2 N–H and O–H groups in total. The first kappa shape index (κ1) is 18.5. The van der Waals surface area contributed by atoms with E-state index < -0.39 is 0 Å². The number of aryl methyl sites for hydroxylation is 2. The number of rotatable bonds is 4. The summed E-state index contributed by atoms with van der Waals surface area (Å²) < 4.78 is 0. The quantitative estimate of drug-likeness (QED) is 0.639. The number of pyridine rings is 1. The van der Waals surface area contributed by atoms with E-state index in [1.165, 1.54) is 16.7 Å². The molecular formula is C20H26ClN5. The van der Waals surface area contributed by atoms with Crippen LogP contribution in [0.5, 0.6) is 0 Å². The van der Waals surface area contributed by atoms with Crippen LogP contribution >= 0.6 is 11.6 Å². The Kier molecular flexibility index (Phi) is 5.99. The number of benzene rings is 1. The summed E-state index contributed by atoms with van der Waals surface area (Å²) in [6.07, 6.45) is 2.81. The molecule has 0 aliphatic carbocycles. The number of nitrogens with one attached hydrogen (secondary N) is 2. The van der Waals surface area contributed by atoms with Gasteiger partial charge in [-0.25, -0.2) is 4.98 Å². The third-order valence-corrected chi connectivity index (χ3v) is 5.03. The van der Waals surface area contributed by atoms with Gasteiger partial charge in [0.1, 0.15) is 5.82 Å². The SMILES string of the molecule is CN=C(NCc1ccc(C)cc1C)NC1CCN(c2ncccc2Cl)C1. The first-order valence-electron chi connectivity index (χ1n) is 8.95. The Morgan fingerprint density at radius 2 is 2.19 bits per heavy atom. The van der Waals surface area contributed by atoms with Gasteiger partial charge in [-0.3, -0.25) is 4.99 Å². The van der Waals surface area contributed by atoms with Gasteiger partial charge < -0.3 is 15.5 Å². The summed E-state index contributed by atoms with van der Waals surface area (Å²) in [5, 5.41) is 7.63. The van der Waals surface area contributed by atoms with E-state index in [2.05, 4.69) is 57.6 Å². The Bertz CT molecular complexity index is 790. The molecule has 0 amide bonds. The number of anilines is 1. The molecule has 3 rings (SSSR count). The van der Waals surface area contributed by atoms with Crippen LogP contribution in [0.1, 0.15) is 23.1 Å². The molecule has 1 aliphatic rings. The van der Waals surface area contributed by atoms with Crippen molar-refractivity contribution in [2.45, 2.75) is 32.9 Å². The molecule has 0 bridgehead atoms. The van der Waals surface area contributed by atoms with E-state index in [4.69, 9.17) is 11.6 Å². The minimum Gasteiger partial charge on any atom is -0.353 e. The summed E-state index contributed by atoms with van der Waals surface area (Å²) in [5.41, 5.74) is 3.87. The van der Waals surface area contributed by atoms with Gasteiger partial charge in [0.2, 0.25) is 0 Å². The molecule has 1 unspecified atom stereocenters. The molecule has 1 aromatic carbocycles. The monoisotopic (exact) mass is 371 g/mol. The summed E-state index contributed by atoms with van der Waals surface area (Å²) in [4.78, 5) is 11.0. The lowest BCUT2D eigenvalue weighted by atomic mass is 10.1. The fourth-order valence-corrected chi connectivity index (χ4v) is 3.53. The molecule has 1 saturated heterocycles. The summed E-state index contributed by atoms with van der Waals surface area (Å²) >= 11 is 6.27. The maximum absolute atomic E-state index is 6.27. The van der Waals surface area contributed by atoms with Crippen molar-refractivity contribution in [3.05, 3.63) is 58.2 Å². The largest absolute Gasteiger partial charge is 0.353 e. The molecule has 1 aromatic heterocycles. The highest BCUT2D eigenvalue weighted by molar-refractivity contribution is 6.32. The summed E-state index contributed by atoms with van der Waals surface area (Å²) in [6.45, 7) is 6.81. The van der Waals surface area contributed by atoms with Crippen LogP contribution in [0.3, 0.4) is 0 Å². The number of aliphatic imine (C=N–C) groups is 1. The van der Waals surface area contributed by atoms with E-state index in [9.17, 15) is 0 Å². The normalized spacial score (nSPS) is 17.5. The fourth-order valence-electron chi connectivity index (χ4n) is 3.29. The van der Waals surface area contributed by atoms with Crippen molar-refractivity contribution >= 4 is 23.4 Å². The Morgan fingerprint density at radius 3 is 2.92 bits per heavy atom. The van der Waals surface area contributed by atoms with Gasteiger partial charge in [0.25, 0.3) is 0 Å². The maximum Gasteiger partial charge on any atom is 0.191 e. The molecule has 2 aromatic rings. The number of halogens is 1. The molecule has 0 saturated carbocycles. The number of guanidine groups is 1. The van der Waals surface area contributed by atoms with E-state index in [0.717, 1.165) is 37.8 Å². The summed E-state index contributed by atoms with van der Waals surface area (Å²) in [7, 11) is 1.81. The molecule has 138 valence electrons. The standard InChI is InChI=1S/C20H26ClN5/c1-14-6-7-16(15(2)11-14)12-24-20(22-3)25-17-8-10-26(13-17)19-18(21)5-4-9-23-19/h4-7,9,11,17H,8,10,12-13H2,1-3H3,(H2,22,24,25). The second-order valence-electron chi connectivity index (χ2n) is 6.74. The van der Waals surface area contributed by atoms with Crippen LogP contribution in [-0.2, 0) is 6.54 Å². The van der Waals surface area contributed by atoms with Crippen LogP contribution in [0.25, 0.3) is 0 Å². The maximum atomic E-state index is 6.27. The van der Waals surface area contributed by atoms with Gasteiger partial charge in [0, 0.05) is 38.9 Å². The van der Waals surface area contributed by atoms with Crippen molar-refractivity contribution in [3.8, 4) is 0 Å². The molecule has 2 heterocycles.